The summed E-state index contributed by atoms with van der Waals surface area (Å²) < 4.78 is 5.15. The van der Waals surface area contributed by atoms with Crippen LogP contribution in [0.2, 0.25) is 0 Å². The molecule has 11 heteroatoms. The molecule has 1 unspecified atom stereocenters. The van der Waals surface area contributed by atoms with Gasteiger partial charge in [-0.15, -0.1) is 23.1 Å². The van der Waals surface area contributed by atoms with Crippen LogP contribution in [0.3, 0.4) is 0 Å². The van der Waals surface area contributed by atoms with E-state index in [1.165, 1.54) is 41.5 Å². The summed E-state index contributed by atoms with van der Waals surface area (Å²) in [5.74, 6) is -0.457. The molecule has 2 N–H and O–H groups in total. The maximum absolute atomic E-state index is 13.5. The lowest BCUT2D eigenvalue weighted by Crippen LogP contribution is -2.19. The second-order valence-electron chi connectivity index (χ2n) is 8.20. The van der Waals surface area contributed by atoms with Crippen molar-refractivity contribution in [1.29, 1.82) is 0 Å². The predicted molar refractivity (Wildman–Crippen MR) is 151 cm³/mol. The van der Waals surface area contributed by atoms with Gasteiger partial charge in [0.2, 0.25) is 5.91 Å². The first-order chi connectivity index (χ1) is 19.0. The fourth-order valence-electron chi connectivity index (χ4n) is 3.70. The Bertz CT molecular complexity index is 1620. The number of anilines is 2. The third kappa shape index (κ3) is 6.40. The zero-order chi connectivity index (χ0) is 27.2. The molecule has 0 aliphatic rings. The van der Waals surface area contributed by atoms with Crippen LogP contribution in [-0.4, -0.2) is 21.7 Å². The number of carbonyl (C=O) groups excluding carboxylic acids is 2. The molecule has 9 nitrogen and oxygen atoms in total. The third-order valence-electron chi connectivity index (χ3n) is 5.52. The van der Waals surface area contributed by atoms with Crippen molar-refractivity contribution in [3.63, 3.8) is 0 Å². The molecule has 0 spiro atoms. The summed E-state index contributed by atoms with van der Waals surface area (Å²) in [6.07, 6.45) is 1.43. The Kier molecular flexibility index (Phi) is 7.80. The molecular weight excluding hydrogens is 536 g/mol. The number of aromatic nitrogens is 1. The van der Waals surface area contributed by atoms with Gasteiger partial charge in [-0.1, -0.05) is 48.5 Å². The van der Waals surface area contributed by atoms with Crippen LogP contribution in [-0.2, 0) is 4.79 Å². The summed E-state index contributed by atoms with van der Waals surface area (Å²) in [6.45, 7) is 0. The van der Waals surface area contributed by atoms with E-state index in [1.807, 2.05) is 36.4 Å². The molecule has 0 bridgehead atoms. The summed E-state index contributed by atoms with van der Waals surface area (Å²) in [5.41, 5.74) is 2.44. The van der Waals surface area contributed by atoms with Gasteiger partial charge >= 0.3 is 0 Å². The lowest BCUT2D eigenvalue weighted by Gasteiger charge is -2.17. The molecule has 2 aromatic heterocycles. The first kappa shape index (κ1) is 25.9. The van der Waals surface area contributed by atoms with Crippen LogP contribution in [0, 0.1) is 10.1 Å². The molecule has 0 aliphatic heterocycles. The van der Waals surface area contributed by atoms with Gasteiger partial charge in [-0.05, 0) is 35.9 Å². The topological polar surface area (TPSA) is 127 Å². The Hall–Kier alpha value is -4.74. The van der Waals surface area contributed by atoms with Crippen LogP contribution in [0.1, 0.15) is 21.4 Å². The van der Waals surface area contributed by atoms with E-state index in [0.717, 1.165) is 10.5 Å². The molecule has 0 saturated carbocycles. The minimum atomic E-state index is -0.618. The fraction of sp³-hybridized carbons (Fsp3) is 0.0357. The van der Waals surface area contributed by atoms with Crippen molar-refractivity contribution in [3.05, 3.63) is 124 Å². The van der Waals surface area contributed by atoms with Gasteiger partial charge in [0, 0.05) is 33.7 Å². The summed E-state index contributed by atoms with van der Waals surface area (Å²) in [4.78, 5) is 41.8. The Labute approximate surface area is 231 Å². The predicted octanol–water partition coefficient (Wildman–Crippen LogP) is 7.04. The number of nitrogens with one attached hydrogen (secondary N) is 2. The molecular formula is C28H20N4O5S2. The molecule has 3 aromatic carbocycles. The number of thiazole rings is 1. The number of rotatable bonds is 9. The van der Waals surface area contributed by atoms with Crippen molar-refractivity contribution >= 4 is 51.4 Å². The monoisotopic (exact) mass is 556 g/mol. The van der Waals surface area contributed by atoms with Crippen molar-refractivity contribution in [2.75, 3.05) is 10.6 Å². The van der Waals surface area contributed by atoms with Crippen molar-refractivity contribution in [1.82, 2.24) is 4.98 Å². The van der Waals surface area contributed by atoms with Crippen LogP contribution in [0.15, 0.2) is 112 Å². The number of thioether (sulfide) groups is 1. The third-order valence-corrected chi connectivity index (χ3v) is 7.52. The van der Waals surface area contributed by atoms with E-state index < -0.39 is 10.2 Å². The summed E-state index contributed by atoms with van der Waals surface area (Å²) in [7, 11) is 0. The molecule has 5 rings (SSSR count). The van der Waals surface area contributed by atoms with Crippen molar-refractivity contribution in [3.8, 4) is 11.3 Å². The Morgan fingerprint density at radius 3 is 2.54 bits per heavy atom. The zero-order valence-electron chi connectivity index (χ0n) is 20.1. The number of furan rings is 1. The quantitative estimate of drug-likeness (QED) is 0.113. The molecule has 0 fully saturated rings. The molecule has 1 atom stereocenters. The van der Waals surface area contributed by atoms with Gasteiger partial charge < -0.3 is 15.1 Å². The largest absolute Gasteiger partial charge is 0.459 e. The minimum absolute atomic E-state index is 0.0331. The number of hydrogen-bond acceptors (Lipinski definition) is 8. The maximum Gasteiger partial charge on any atom is 0.291 e. The molecule has 0 saturated heterocycles. The number of nitrogens with zero attached hydrogens (tertiary/aromatic N) is 2. The number of non-ortho nitro benzene ring substituents is 1. The minimum Gasteiger partial charge on any atom is -0.459 e. The van der Waals surface area contributed by atoms with Crippen LogP contribution >= 0.6 is 23.1 Å². The van der Waals surface area contributed by atoms with Gasteiger partial charge in [-0.3, -0.25) is 19.7 Å². The highest BCUT2D eigenvalue weighted by Gasteiger charge is 2.24. The van der Waals surface area contributed by atoms with Crippen molar-refractivity contribution in [2.45, 2.75) is 10.1 Å². The van der Waals surface area contributed by atoms with Gasteiger partial charge in [-0.25, -0.2) is 4.98 Å². The number of amides is 2. The van der Waals surface area contributed by atoms with E-state index >= 15 is 0 Å². The fourth-order valence-corrected chi connectivity index (χ4v) is 5.50. The average molecular weight is 557 g/mol. The SMILES string of the molecule is O=C(Nc1cccc(SC(C(=O)Nc2nc(-c3cccc([N+](=O)[O-])c3)cs2)c2ccccc2)c1)c1ccco1. The number of nitro benzene ring substituents is 1. The molecule has 194 valence electrons. The first-order valence-corrected chi connectivity index (χ1v) is 13.4. The van der Waals surface area contributed by atoms with Gasteiger partial charge in [0.15, 0.2) is 10.9 Å². The lowest BCUT2D eigenvalue weighted by molar-refractivity contribution is -0.384. The summed E-state index contributed by atoms with van der Waals surface area (Å²) in [5, 5.41) is 18.3. The Morgan fingerprint density at radius 2 is 1.77 bits per heavy atom. The van der Waals surface area contributed by atoms with Crippen molar-refractivity contribution < 1.29 is 18.9 Å². The summed E-state index contributed by atoms with van der Waals surface area (Å²) in [6, 6.07) is 25.9. The standard InChI is InChI=1S/C28H20N4O5S2/c33-26(24-13-6-14-37-24)29-20-10-5-12-22(16-20)39-25(18-7-2-1-3-8-18)27(34)31-28-30-23(17-38-28)19-9-4-11-21(15-19)32(35)36/h1-17,25H,(H,29,33)(H,30,31,34). The normalized spacial score (nSPS) is 11.5. The average Bonchev–Trinajstić information content (AvgIpc) is 3.66. The number of carbonyl (C=O) groups is 2. The van der Waals surface area contributed by atoms with Crippen LogP contribution < -0.4 is 10.6 Å². The number of hydrogen-bond donors (Lipinski definition) is 2. The van der Waals surface area contributed by atoms with Crippen LogP contribution in [0.25, 0.3) is 11.3 Å². The molecule has 39 heavy (non-hydrogen) atoms. The van der Waals surface area contributed by atoms with E-state index in [9.17, 15) is 19.7 Å². The Morgan fingerprint density at radius 1 is 0.949 bits per heavy atom. The first-order valence-electron chi connectivity index (χ1n) is 11.6. The molecule has 2 heterocycles. The smallest absolute Gasteiger partial charge is 0.291 e. The molecule has 0 radical (unpaired) electrons. The second-order valence-corrected chi connectivity index (χ2v) is 10.2. The number of benzene rings is 3. The number of nitro groups is 1. The van der Waals surface area contributed by atoms with E-state index in [1.54, 1.807) is 47.8 Å². The van der Waals surface area contributed by atoms with E-state index in [-0.39, 0.29) is 23.3 Å². The van der Waals surface area contributed by atoms with Gasteiger partial charge in [-0.2, -0.15) is 0 Å². The van der Waals surface area contributed by atoms with Crippen LogP contribution in [0.4, 0.5) is 16.5 Å². The molecule has 5 aromatic rings. The highest BCUT2D eigenvalue weighted by atomic mass is 32.2. The zero-order valence-corrected chi connectivity index (χ0v) is 21.8. The molecule has 2 amide bonds. The van der Waals surface area contributed by atoms with E-state index in [4.69, 9.17) is 4.42 Å². The van der Waals surface area contributed by atoms with Crippen molar-refractivity contribution in [2.24, 2.45) is 0 Å². The Balaban J connectivity index is 1.34. The van der Waals surface area contributed by atoms with Gasteiger partial charge in [0.1, 0.15) is 5.25 Å². The lowest BCUT2D eigenvalue weighted by atomic mass is 10.1. The van der Waals surface area contributed by atoms with Crippen LogP contribution in [0.5, 0.6) is 0 Å². The highest BCUT2D eigenvalue weighted by Crippen LogP contribution is 2.38. The van der Waals surface area contributed by atoms with E-state index in [0.29, 0.717) is 22.1 Å². The highest BCUT2D eigenvalue weighted by molar-refractivity contribution is 8.00. The maximum atomic E-state index is 13.5. The van der Waals surface area contributed by atoms with Gasteiger partial charge in [0.05, 0.1) is 16.9 Å². The van der Waals surface area contributed by atoms with Gasteiger partial charge in [0.25, 0.3) is 11.6 Å². The second kappa shape index (κ2) is 11.8. The molecule has 0 aliphatic carbocycles. The summed E-state index contributed by atoms with van der Waals surface area (Å²) >= 11 is 2.57. The van der Waals surface area contributed by atoms with E-state index in [2.05, 4.69) is 15.6 Å².